The maximum atomic E-state index is 5.40. The third-order valence-electron chi connectivity index (χ3n) is 4.25. The van der Waals surface area contributed by atoms with Crippen LogP contribution in [0.4, 0.5) is 0 Å². The van der Waals surface area contributed by atoms with Crippen molar-refractivity contribution in [3.05, 3.63) is 0 Å². The fourth-order valence-electron chi connectivity index (χ4n) is 3.36. The Balaban J connectivity index is 2.04. The Morgan fingerprint density at radius 1 is 1.38 bits per heavy atom. The molecule has 0 aromatic carbocycles. The molecule has 0 amide bonds. The van der Waals surface area contributed by atoms with Gasteiger partial charge in [0.05, 0.1) is 6.61 Å². The van der Waals surface area contributed by atoms with Crippen molar-refractivity contribution in [2.45, 2.75) is 38.8 Å². The highest BCUT2D eigenvalue weighted by atomic mass is 16.5. The fourth-order valence-corrected chi connectivity index (χ4v) is 3.36. The first kappa shape index (κ1) is 12.3. The minimum Gasteiger partial charge on any atom is -0.383 e. The quantitative estimate of drug-likeness (QED) is 0.783. The van der Waals surface area contributed by atoms with Gasteiger partial charge in [0.15, 0.2) is 0 Å². The van der Waals surface area contributed by atoms with Gasteiger partial charge in [0, 0.05) is 25.7 Å². The monoisotopic (exact) mass is 226 g/mol. The first-order chi connectivity index (χ1) is 7.74. The van der Waals surface area contributed by atoms with Crippen LogP contribution >= 0.6 is 0 Å². The zero-order valence-electron chi connectivity index (χ0n) is 10.9. The average molecular weight is 226 g/mol. The second-order valence-electron chi connectivity index (χ2n) is 5.63. The number of rotatable bonds is 4. The van der Waals surface area contributed by atoms with Crippen molar-refractivity contribution in [2.75, 3.05) is 33.4 Å². The summed E-state index contributed by atoms with van der Waals surface area (Å²) in [5.41, 5.74) is 0. The molecule has 2 saturated heterocycles. The molecular formula is C13H26N2O. The van der Waals surface area contributed by atoms with Crippen molar-refractivity contribution in [3.63, 3.8) is 0 Å². The molecule has 2 aliphatic heterocycles. The molecule has 16 heavy (non-hydrogen) atoms. The van der Waals surface area contributed by atoms with Crippen LogP contribution in [0.15, 0.2) is 0 Å². The summed E-state index contributed by atoms with van der Waals surface area (Å²) in [4.78, 5) is 2.71. The van der Waals surface area contributed by atoms with Gasteiger partial charge in [0.1, 0.15) is 0 Å². The molecule has 2 fully saturated rings. The first-order valence-corrected chi connectivity index (χ1v) is 6.69. The lowest BCUT2D eigenvalue weighted by Gasteiger charge is -2.43. The number of hydrogen-bond donors (Lipinski definition) is 1. The molecule has 0 spiro atoms. The molecule has 94 valence electrons. The molecule has 2 aliphatic rings. The minimum absolute atomic E-state index is 0.595. The number of ether oxygens (including phenoxy) is 1. The maximum Gasteiger partial charge on any atom is 0.0620 e. The summed E-state index contributed by atoms with van der Waals surface area (Å²) in [6.45, 7) is 9.16. The molecule has 0 bridgehead atoms. The van der Waals surface area contributed by atoms with E-state index in [1.807, 2.05) is 7.11 Å². The summed E-state index contributed by atoms with van der Waals surface area (Å²) < 4.78 is 5.40. The minimum atomic E-state index is 0.595. The summed E-state index contributed by atoms with van der Waals surface area (Å²) in [6, 6.07) is 1.36. The third kappa shape index (κ3) is 2.41. The van der Waals surface area contributed by atoms with E-state index in [-0.39, 0.29) is 0 Å². The molecule has 2 heterocycles. The largest absolute Gasteiger partial charge is 0.383 e. The van der Waals surface area contributed by atoms with Gasteiger partial charge < -0.3 is 10.1 Å². The van der Waals surface area contributed by atoms with Gasteiger partial charge in [-0.15, -0.1) is 0 Å². The summed E-state index contributed by atoms with van der Waals surface area (Å²) in [7, 11) is 1.82. The van der Waals surface area contributed by atoms with Gasteiger partial charge in [0.25, 0.3) is 0 Å². The Morgan fingerprint density at radius 3 is 2.88 bits per heavy atom. The average Bonchev–Trinajstić information content (AvgIpc) is 2.73. The van der Waals surface area contributed by atoms with Gasteiger partial charge in [-0.25, -0.2) is 0 Å². The molecule has 0 aromatic rings. The van der Waals surface area contributed by atoms with E-state index in [0.29, 0.717) is 12.0 Å². The molecular weight excluding hydrogens is 200 g/mol. The van der Waals surface area contributed by atoms with E-state index in [4.69, 9.17) is 4.74 Å². The Morgan fingerprint density at radius 2 is 2.19 bits per heavy atom. The van der Waals surface area contributed by atoms with Crippen LogP contribution in [0.25, 0.3) is 0 Å². The number of nitrogens with zero attached hydrogens (tertiary/aromatic N) is 1. The Labute approximate surface area is 99.5 Å². The highest BCUT2D eigenvalue weighted by Gasteiger charge is 2.38. The van der Waals surface area contributed by atoms with E-state index in [1.54, 1.807) is 0 Å². The molecule has 1 N–H and O–H groups in total. The lowest BCUT2D eigenvalue weighted by molar-refractivity contribution is 0.00994. The van der Waals surface area contributed by atoms with Gasteiger partial charge in [-0.2, -0.15) is 0 Å². The van der Waals surface area contributed by atoms with Crippen molar-refractivity contribution in [3.8, 4) is 0 Å². The number of hydrogen-bond acceptors (Lipinski definition) is 3. The predicted octanol–water partition coefficient (Wildman–Crippen LogP) is 1.34. The third-order valence-corrected chi connectivity index (χ3v) is 4.25. The van der Waals surface area contributed by atoms with Crippen LogP contribution in [0.2, 0.25) is 0 Å². The summed E-state index contributed by atoms with van der Waals surface area (Å²) in [5.74, 6) is 1.56. The summed E-state index contributed by atoms with van der Waals surface area (Å²) in [5, 5.41) is 3.55. The number of nitrogens with one attached hydrogen (secondary N) is 1. The second-order valence-corrected chi connectivity index (χ2v) is 5.63. The van der Waals surface area contributed by atoms with Crippen molar-refractivity contribution in [1.29, 1.82) is 0 Å². The van der Waals surface area contributed by atoms with Crippen molar-refractivity contribution in [2.24, 2.45) is 11.8 Å². The van der Waals surface area contributed by atoms with Gasteiger partial charge in [-0.1, -0.05) is 13.8 Å². The Kier molecular flexibility index (Phi) is 4.22. The van der Waals surface area contributed by atoms with E-state index in [1.165, 1.54) is 32.5 Å². The molecule has 3 nitrogen and oxygen atoms in total. The first-order valence-electron chi connectivity index (χ1n) is 6.69. The van der Waals surface area contributed by atoms with E-state index in [2.05, 4.69) is 24.1 Å². The number of fused-ring (bicyclic) bond motifs is 1. The molecule has 0 saturated carbocycles. The molecule has 3 unspecified atom stereocenters. The van der Waals surface area contributed by atoms with Gasteiger partial charge in [-0.05, 0) is 37.8 Å². The maximum absolute atomic E-state index is 5.40. The fraction of sp³-hybridized carbons (Fsp3) is 1.00. The van der Waals surface area contributed by atoms with Crippen LogP contribution in [-0.2, 0) is 4.74 Å². The second kappa shape index (κ2) is 5.48. The smallest absolute Gasteiger partial charge is 0.0620 e. The lowest BCUT2D eigenvalue weighted by atomic mass is 9.88. The van der Waals surface area contributed by atoms with Crippen molar-refractivity contribution >= 4 is 0 Å². The molecule has 0 radical (unpaired) electrons. The SMILES string of the molecule is COCC(C(C)C)N1CCCC2CNCC21. The topological polar surface area (TPSA) is 24.5 Å². The normalized spacial score (nSPS) is 33.0. The number of methoxy groups -OCH3 is 1. The Bertz CT molecular complexity index is 220. The van der Waals surface area contributed by atoms with Crippen molar-refractivity contribution < 1.29 is 4.74 Å². The summed E-state index contributed by atoms with van der Waals surface area (Å²) in [6.07, 6.45) is 2.77. The molecule has 3 atom stereocenters. The van der Waals surface area contributed by atoms with Crippen LogP contribution in [0.5, 0.6) is 0 Å². The molecule has 2 rings (SSSR count). The predicted molar refractivity (Wildman–Crippen MR) is 66.6 cm³/mol. The standard InChI is InChI=1S/C13H26N2O/c1-10(2)13(9-16-3)15-6-4-5-11-7-14-8-12(11)15/h10-14H,4-9H2,1-3H3. The van der Waals surface area contributed by atoms with Crippen LogP contribution in [0.1, 0.15) is 26.7 Å². The highest BCUT2D eigenvalue weighted by molar-refractivity contribution is 4.95. The van der Waals surface area contributed by atoms with Gasteiger partial charge >= 0.3 is 0 Å². The number of likely N-dealkylation sites (tertiary alicyclic amines) is 1. The lowest BCUT2D eigenvalue weighted by Crippen LogP contribution is -2.53. The van der Waals surface area contributed by atoms with Crippen LogP contribution in [0.3, 0.4) is 0 Å². The molecule has 0 aliphatic carbocycles. The van der Waals surface area contributed by atoms with Crippen LogP contribution in [0, 0.1) is 11.8 Å². The molecule has 0 aromatic heterocycles. The summed E-state index contributed by atoms with van der Waals surface area (Å²) >= 11 is 0. The van der Waals surface area contributed by atoms with Gasteiger partial charge in [-0.3, -0.25) is 4.90 Å². The zero-order valence-corrected chi connectivity index (χ0v) is 10.9. The number of piperidine rings is 1. The van der Waals surface area contributed by atoms with Gasteiger partial charge in [0.2, 0.25) is 0 Å². The zero-order chi connectivity index (χ0) is 11.5. The van der Waals surface area contributed by atoms with E-state index in [9.17, 15) is 0 Å². The highest BCUT2D eigenvalue weighted by Crippen LogP contribution is 2.29. The van der Waals surface area contributed by atoms with E-state index >= 15 is 0 Å². The molecule has 3 heteroatoms. The van der Waals surface area contributed by atoms with E-state index < -0.39 is 0 Å². The van der Waals surface area contributed by atoms with Crippen LogP contribution in [-0.4, -0.2) is 50.3 Å². The van der Waals surface area contributed by atoms with Crippen molar-refractivity contribution in [1.82, 2.24) is 10.2 Å². The van der Waals surface area contributed by atoms with E-state index in [0.717, 1.165) is 18.6 Å². The Hall–Kier alpha value is -0.120. The van der Waals surface area contributed by atoms with Crippen LogP contribution < -0.4 is 5.32 Å².